The van der Waals surface area contributed by atoms with E-state index in [1.807, 2.05) is 12.1 Å². The summed E-state index contributed by atoms with van der Waals surface area (Å²) in [6.07, 6.45) is 0. The van der Waals surface area contributed by atoms with Crippen LogP contribution in [0.1, 0.15) is 20.7 Å². The number of carboxylic acid groups (broad SMARTS) is 1. The molecule has 0 aliphatic carbocycles. The molecule has 2 N–H and O–H groups in total. The minimum Gasteiger partial charge on any atom is -0.478 e. The van der Waals surface area contributed by atoms with Crippen LogP contribution in [0.4, 0.5) is 0 Å². The monoisotopic (exact) mass is 403 g/mol. The maximum atomic E-state index is 13.7. The summed E-state index contributed by atoms with van der Waals surface area (Å²) in [6.45, 7) is 0. The molecule has 4 rings (SSSR count). The molecule has 0 saturated carbocycles. The Morgan fingerprint density at radius 2 is 1.21 bits per heavy atom. The van der Waals surface area contributed by atoms with Gasteiger partial charge in [0.2, 0.25) is 0 Å². The molecule has 29 heavy (non-hydrogen) atoms. The number of benzene rings is 4. The van der Waals surface area contributed by atoms with Crippen molar-refractivity contribution in [2.24, 2.45) is 0 Å². The fourth-order valence-corrected chi connectivity index (χ4v) is 5.01. The number of amides is 1. The molecular formula is C23H17NO4S. The highest BCUT2D eigenvalue weighted by Gasteiger charge is 2.20. The van der Waals surface area contributed by atoms with Gasteiger partial charge in [-0.3, -0.25) is 4.79 Å². The Labute approximate surface area is 169 Å². The maximum Gasteiger partial charge on any atom is 0.336 e. The number of carboxylic acids is 1. The molecular weight excluding hydrogens is 386 g/mol. The number of carbonyl (C=O) groups is 2. The number of hydrogen-bond acceptors (Lipinski definition) is 3. The van der Waals surface area contributed by atoms with Crippen LogP contribution in [0.2, 0.25) is 0 Å². The van der Waals surface area contributed by atoms with Gasteiger partial charge in [0, 0.05) is 23.4 Å². The van der Waals surface area contributed by atoms with Crippen molar-refractivity contribution in [2.75, 3.05) is 7.05 Å². The Morgan fingerprint density at radius 3 is 1.69 bits per heavy atom. The van der Waals surface area contributed by atoms with E-state index in [-0.39, 0.29) is 11.5 Å². The SMILES string of the molecule is CNC(=O)c1cccc2cccc([S@](=O)c3cccc4cccc(C(=O)O)c34)c12. The van der Waals surface area contributed by atoms with Crippen LogP contribution in [0.15, 0.2) is 82.6 Å². The van der Waals surface area contributed by atoms with E-state index >= 15 is 0 Å². The molecule has 0 saturated heterocycles. The second-order valence-corrected chi connectivity index (χ2v) is 7.89. The molecule has 0 aliphatic heterocycles. The first-order valence-corrected chi connectivity index (χ1v) is 10.1. The standard InChI is InChI=1S/C23H17NO4S/c1-24-22(25)16-10-2-6-14-8-4-12-18(20(14)16)29(28)19-13-5-9-15-7-3-11-17(21(15)19)23(26)27/h2-13H,1H3,(H,24,25)(H,26,27)/t29-/m0/s1. The first kappa shape index (κ1) is 18.8. The van der Waals surface area contributed by atoms with Gasteiger partial charge in [0.25, 0.3) is 5.91 Å². The molecule has 0 unspecified atom stereocenters. The highest BCUT2D eigenvalue weighted by molar-refractivity contribution is 7.85. The first-order valence-electron chi connectivity index (χ1n) is 8.93. The largest absolute Gasteiger partial charge is 0.478 e. The Morgan fingerprint density at radius 1 is 0.759 bits per heavy atom. The van der Waals surface area contributed by atoms with Gasteiger partial charge in [-0.15, -0.1) is 0 Å². The van der Waals surface area contributed by atoms with E-state index in [4.69, 9.17) is 0 Å². The van der Waals surface area contributed by atoms with Crippen LogP contribution in [-0.4, -0.2) is 28.2 Å². The number of carbonyl (C=O) groups excluding carboxylic acids is 1. The van der Waals surface area contributed by atoms with E-state index in [1.165, 1.54) is 6.07 Å². The van der Waals surface area contributed by atoms with Crippen LogP contribution in [0.25, 0.3) is 21.5 Å². The zero-order chi connectivity index (χ0) is 20.5. The van der Waals surface area contributed by atoms with Crippen LogP contribution in [0.3, 0.4) is 0 Å². The normalized spacial score (nSPS) is 12.0. The fraction of sp³-hybridized carbons (Fsp3) is 0.0435. The van der Waals surface area contributed by atoms with Gasteiger partial charge in [0.1, 0.15) is 0 Å². The van der Waals surface area contributed by atoms with Crippen molar-refractivity contribution < 1.29 is 18.9 Å². The third-order valence-electron chi connectivity index (χ3n) is 4.83. The lowest BCUT2D eigenvalue weighted by atomic mass is 10.0. The maximum absolute atomic E-state index is 13.7. The Hall–Kier alpha value is -3.51. The van der Waals surface area contributed by atoms with Crippen molar-refractivity contribution in [3.05, 3.63) is 83.9 Å². The van der Waals surface area contributed by atoms with Crippen molar-refractivity contribution >= 4 is 44.2 Å². The zero-order valence-electron chi connectivity index (χ0n) is 15.5. The van der Waals surface area contributed by atoms with Gasteiger partial charge in [-0.2, -0.15) is 0 Å². The van der Waals surface area contributed by atoms with E-state index in [1.54, 1.807) is 61.6 Å². The predicted octanol–water partition coefficient (Wildman–Crippen LogP) is 4.22. The van der Waals surface area contributed by atoms with Gasteiger partial charge < -0.3 is 10.4 Å². The molecule has 5 nitrogen and oxygen atoms in total. The number of nitrogens with one attached hydrogen (secondary N) is 1. The van der Waals surface area contributed by atoms with Crippen molar-refractivity contribution in [1.82, 2.24) is 5.32 Å². The summed E-state index contributed by atoms with van der Waals surface area (Å²) >= 11 is 0. The van der Waals surface area contributed by atoms with Gasteiger partial charge >= 0.3 is 5.97 Å². The van der Waals surface area contributed by atoms with E-state index < -0.39 is 16.8 Å². The minimum atomic E-state index is -1.69. The summed E-state index contributed by atoms with van der Waals surface area (Å²) in [4.78, 5) is 25.0. The van der Waals surface area contributed by atoms with Crippen molar-refractivity contribution in [3.8, 4) is 0 Å². The van der Waals surface area contributed by atoms with E-state index in [0.717, 1.165) is 5.39 Å². The van der Waals surface area contributed by atoms with Crippen molar-refractivity contribution in [2.45, 2.75) is 9.79 Å². The van der Waals surface area contributed by atoms with Gasteiger partial charge in [-0.25, -0.2) is 9.00 Å². The van der Waals surface area contributed by atoms with Crippen LogP contribution < -0.4 is 5.32 Å². The lowest BCUT2D eigenvalue weighted by molar-refractivity contribution is 0.0698. The van der Waals surface area contributed by atoms with Crippen LogP contribution in [0.5, 0.6) is 0 Å². The predicted molar refractivity (Wildman–Crippen MR) is 113 cm³/mol. The smallest absolute Gasteiger partial charge is 0.336 e. The molecule has 1 amide bonds. The first-order chi connectivity index (χ1) is 14.0. The summed E-state index contributed by atoms with van der Waals surface area (Å²) in [5.74, 6) is -1.35. The number of aromatic carboxylic acids is 1. The number of rotatable bonds is 4. The molecule has 0 aliphatic rings. The topological polar surface area (TPSA) is 83.5 Å². The summed E-state index contributed by atoms with van der Waals surface area (Å²) in [5.41, 5.74) is 0.519. The molecule has 0 spiro atoms. The minimum absolute atomic E-state index is 0.0956. The van der Waals surface area contributed by atoms with Crippen LogP contribution in [-0.2, 0) is 10.8 Å². The van der Waals surface area contributed by atoms with E-state index in [2.05, 4.69) is 5.32 Å². The van der Waals surface area contributed by atoms with Gasteiger partial charge in [-0.1, -0.05) is 48.5 Å². The Balaban J connectivity index is 2.03. The van der Waals surface area contributed by atoms with Crippen molar-refractivity contribution in [1.29, 1.82) is 0 Å². The quantitative estimate of drug-likeness (QED) is 0.534. The average Bonchev–Trinajstić information content (AvgIpc) is 2.76. The second-order valence-electron chi connectivity index (χ2n) is 6.47. The number of fused-ring (bicyclic) bond motifs is 2. The summed E-state index contributed by atoms with van der Waals surface area (Å²) in [7, 11) is -0.149. The van der Waals surface area contributed by atoms with E-state index in [9.17, 15) is 18.9 Å². The van der Waals surface area contributed by atoms with Crippen molar-refractivity contribution in [3.63, 3.8) is 0 Å². The lowest BCUT2D eigenvalue weighted by Gasteiger charge is -2.13. The Kier molecular flexibility index (Phi) is 4.86. The molecule has 4 aromatic rings. The third-order valence-corrected chi connectivity index (χ3v) is 6.31. The molecule has 144 valence electrons. The van der Waals surface area contributed by atoms with Crippen LogP contribution in [0, 0.1) is 0 Å². The highest BCUT2D eigenvalue weighted by Crippen LogP contribution is 2.33. The molecule has 1 atom stereocenters. The Bertz CT molecular complexity index is 1300. The van der Waals surface area contributed by atoms with Gasteiger partial charge in [0.15, 0.2) is 0 Å². The van der Waals surface area contributed by atoms with E-state index in [0.29, 0.717) is 31.5 Å². The average molecular weight is 403 g/mol. The second kappa shape index (κ2) is 7.48. The fourth-order valence-electron chi connectivity index (χ4n) is 3.54. The zero-order valence-corrected chi connectivity index (χ0v) is 16.3. The third kappa shape index (κ3) is 3.17. The molecule has 0 radical (unpaired) electrons. The molecule has 4 aromatic carbocycles. The lowest BCUT2D eigenvalue weighted by Crippen LogP contribution is -2.18. The summed E-state index contributed by atoms with van der Waals surface area (Å²) in [6, 6.07) is 20.9. The number of hydrogen-bond donors (Lipinski definition) is 2. The molecule has 0 heterocycles. The molecule has 0 aromatic heterocycles. The van der Waals surface area contributed by atoms with Crippen LogP contribution >= 0.6 is 0 Å². The highest BCUT2D eigenvalue weighted by atomic mass is 32.2. The molecule has 6 heteroatoms. The molecule has 0 fully saturated rings. The van der Waals surface area contributed by atoms with Gasteiger partial charge in [0.05, 0.1) is 26.2 Å². The summed E-state index contributed by atoms with van der Waals surface area (Å²) in [5, 5.41) is 14.8. The van der Waals surface area contributed by atoms with Gasteiger partial charge in [-0.05, 0) is 35.0 Å². The molecule has 0 bridgehead atoms. The summed E-state index contributed by atoms with van der Waals surface area (Å²) < 4.78 is 13.7.